The highest BCUT2D eigenvalue weighted by molar-refractivity contribution is 5.90. The van der Waals surface area contributed by atoms with E-state index < -0.39 is 0 Å². The number of hydrogen-bond donors (Lipinski definition) is 2. The molecule has 8 nitrogen and oxygen atoms in total. The highest BCUT2D eigenvalue weighted by Gasteiger charge is 2.26. The molecule has 3 aromatic heterocycles. The van der Waals surface area contributed by atoms with Crippen LogP contribution in [0.15, 0.2) is 30.7 Å². The molecular weight excluding hydrogens is 354 g/mol. The summed E-state index contributed by atoms with van der Waals surface area (Å²) in [7, 11) is 1.59. The summed E-state index contributed by atoms with van der Waals surface area (Å²) < 4.78 is 2.03. The van der Waals surface area contributed by atoms with Crippen molar-refractivity contribution in [2.45, 2.75) is 32.9 Å². The van der Waals surface area contributed by atoms with Crippen LogP contribution in [0.25, 0.3) is 5.65 Å². The number of rotatable bonds is 5. The molecule has 0 bridgehead atoms. The normalized spacial score (nSPS) is 16.7. The van der Waals surface area contributed by atoms with E-state index in [0.29, 0.717) is 6.04 Å². The molecule has 1 amide bonds. The van der Waals surface area contributed by atoms with E-state index in [1.54, 1.807) is 7.05 Å². The van der Waals surface area contributed by atoms with Crippen molar-refractivity contribution >= 4 is 17.4 Å². The minimum Gasteiger partial charge on any atom is -0.355 e. The second-order valence-corrected chi connectivity index (χ2v) is 7.16. The molecule has 2 N–H and O–H groups in total. The van der Waals surface area contributed by atoms with Gasteiger partial charge in [-0.05, 0) is 26.3 Å². The second kappa shape index (κ2) is 7.55. The number of carbonyl (C=O) groups excluding carboxylic acids is 1. The zero-order chi connectivity index (χ0) is 19.7. The number of aromatic nitrogens is 4. The Kier molecular flexibility index (Phi) is 4.95. The van der Waals surface area contributed by atoms with Gasteiger partial charge in [-0.25, -0.2) is 15.0 Å². The SMILES string of the molecule is CNC(=O)c1nc(C)c(C)c(N2CC[C@@H](NCc3cccn4ccnc34)C2)n1. The number of nitrogens with one attached hydrogen (secondary N) is 2. The molecule has 0 aromatic carbocycles. The Balaban J connectivity index is 1.46. The molecule has 0 unspecified atom stereocenters. The van der Waals surface area contributed by atoms with Gasteiger partial charge in [-0.15, -0.1) is 0 Å². The lowest BCUT2D eigenvalue weighted by Gasteiger charge is -2.21. The van der Waals surface area contributed by atoms with E-state index in [9.17, 15) is 4.79 Å². The molecule has 0 radical (unpaired) electrons. The van der Waals surface area contributed by atoms with Crippen LogP contribution < -0.4 is 15.5 Å². The third kappa shape index (κ3) is 3.43. The average molecular weight is 379 g/mol. The van der Waals surface area contributed by atoms with Gasteiger partial charge in [-0.3, -0.25) is 4.79 Å². The smallest absolute Gasteiger partial charge is 0.288 e. The Hall–Kier alpha value is -3.00. The quantitative estimate of drug-likeness (QED) is 0.698. The third-order valence-corrected chi connectivity index (χ3v) is 5.36. The van der Waals surface area contributed by atoms with Crippen LogP contribution in [0.1, 0.15) is 33.9 Å². The fraction of sp³-hybridized carbons (Fsp3) is 0.400. The molecule has 146 valence electrons. The predicted octanol–water partition coefficient (Wildman–Crippen LogP) is 1.47. The van der Waals surface area contributed by atoms with Gasteiger partial charge in [0.15, 0.2) is 0 Å². The first-order chi connectivity index (χ1) is 13.6. The second-order valence-electron chi connectivity index (χ2n) is 7.16. The van der Waals surface area contributed by atoms with E-state index in [0.717, 1.165) is 48.8 Å². The molecule has 1 aliphatic rings. The van der Waals surface area contributed by atoms with Crippen LogP contribution in [0.5, 0.6) is 0 Å². The van der Waals surface area contributed by atoms with Crippen LogP contribution in [0.3, 0.4) is 0 Å². The molecule has 0 spiro atoms. The van der Waals surface area contributed by atoms with Crippen molar-refractivity contribution in [2.75, 3.05) is 25.0 Å². The van der Waals surface area contributed by atoms with E-state index in [2.05, 4.69) is 36.6 Å². The standard InChI is InChI=1S/C20H25N7O/c1-13-14(2)24-17(20(28)21-3)25-18(13)27-9-6-16(12-27)23-11-15-5-4-8-26-10-7-22-19(15)26/h4-5,7-8,10,16,23H,6,9,11-12H2,1-3H3,(H,21,28)/t16-/m1/s1. The average Bonchev–Trinajstić information content (AvgIpc) is 3.37. The van der Waals surface area contributed by atoms with Crippen molar-refractivity contribution in [3.05, 3.63) is 53.4 Å². The number of carbonyl (C=O) groups is 1. The lowest BCUT2D eigenvalue weighted by atomic mass is 10.2. The van der Waals surface area contributed by atoms with Crippen LogP contribution in [0.2, 0.25) is 0 Å². The molecule has 0 saturated carbocycles. The number of hydrogen-bond acceptors (Lipinski definition) is 6. The topological polar surface area (TPSA) is 87.5 Å². The zero-order valence-electron chi connectivity index (χ0n) is 16.4. The highest BCUT2D eigenvalue weighted by Crippen LogP contribution is 2.24. The largest absolute Gasteiger partial charge is 0.355 e. The van der Waals surface area contributed by atoms with Crippen molar-refractivity contribution < 1.29 is 4.79 Å². The molecule has 1 atom stereocenters. The van der Waals surface area contributed by atoms with Gasteiger partial charge in [-0.1, -0.05) is 6.07 Å². The van der Waals surface area contributed by atoms with Gasteiger partial charge >= 0.3 is 0 Å². The summed E-state index contributed by atoms with van der Waals surface area (Å²) in [6.45, 7) is 6.45. The lowest BCUT2D eigenvalue weighted by molar-refractivity contribution is 0.0952. The van der Waals surface area contributed by atoms with Crippen molar-refractivity contribution in [3.63, 3.8) is 0 Å². The molecule has 0 aliphatic carbocycles. The number of nitrogens with zero attached hydrogens (tertiary/aromatic N) is 5. The summed E-state index contributed by atoms with van der Waals surface area (Å²) in [6.07, 6.45) is 6.81. The van der Waals surface area contributed by atoms with Crippen LogP contribution in [-0.2, 0) is 6.54 Å². The van der Waals surface area contributed by atoms with E-state index in [-0.39, 0.29) is 11.7 Å². The van der Waals surface area contributed by atoms with E-state index in [4.69, 9.17) is 0 Å². The fourth-order valence-electron chi connectivity index (χ4n) is 3.65. The van der Waals surface area contributed by atoms with Gasteiger partial charge in [0, 0.05) is 68.1 Å². The summed E-state index contributed by atoms with van der Waals surface area (Å²) in [5.74, 6) is 0.819. The molecule has 3 aromatic rings. The van der Waals surface area contributed by atoms with Crippen molar-refractivity contribution in [2.24, 2.45) is 0 Å². The minimum atomic E-state index is -0.258. The van der Waals surface area contributed by atoms with Crippen molar-refractivity contribution in [3.8, 4) is 0 Å². The van der Waals surface area contributed by atoms with Crippen LogP contribution in [0.4, 0.5) is 5.82 Å². The van der Waals surface area contributed by atoms with Crippen LogP contribution in [-0.4, -0.2) is 51.4 Å². The number of imidazole rings is 1. The van der Waals surface area contributed by atoms with Crippen LogP contribution in [0, 0.1) is 13.8 Å². The van der Waals surface area contributed by atoms with Gasteiger partial charge in [0.1, 0.15) is 11.5 Å². The van der Waals surface area contributed by atoms with E-state index in [1.165, 1.54) is 5.56 Å². The van der Waals surface area contributed by atoms with Gasteiger partial charge < -0.3 is 19.9 Å². The van der Waals surface area contributed by atoms with E-state index >= 15 is 0 Å². The number of pyridine rings is 1. The molecule has 28 heavy (non-hydrogen) atoms. The zero-order valence-corrected chi connectivity index (χ0v) is 16.4. The molecular formula is C20H25N7O. The Morgan fingerprint density at radius 2 is 2.14 bits per heavy atom. The number of anilines is 1. The van der Waals surface area contributed by atoms with Gasteiger partial charge in [0.2, 0.25) is 5.82 Å². The van der Waals surface area contributed by atoms with Gasteiger partial charge in [0.25, 0.3) is 5.91 Å². The molecule has 8 heteroatoms. The van der Waals surface area contributed by atoms with Gasteiger partial charge in [0.05, 0.1) is 0 Å². The summed E-state index contributed by atoms with van der Waals surface area (Å²) >= 11 is 0. The molecule has 1 fully saturated rings. The number of amides is 1. The maximum atomic E-state index is 12.0. The Labute approximate surface area is 164 Å². The summed E-state index contributed by atoms with van der Waals surface area (Å²) in [6, 6.07) is 4.50. The first-order valence-corrected chi connectivity index (χ1v) is 9.53. The number of fused-ring (bicyclic) bond motifs is 1. The molecule has 4 heterocycles. The summed E-state index contributed by atoms with van der Waals surface area (Å²) in [5, 5.41) is 6.25. The first kappa shape index (κ1) is 18.4. The maximum absolute atomic E-state index is 12.0. The number of aryl methyl sites for hydroxylation is 1. The molecule has 4 rings (SSSR count). The van der Waals surface area contributed by atoms with Crippen molar-refractivity contribution in [1.82, 2.24) is 30.0 Å². The molecule has 1 aliphatic heterocycles. The van der Waals surface area contributed by atoms with Gasteiger partial charge in [-0.2, -0.15) is 0 Å². The Morgan fingerprint density at radius 1 is 1.29 bits per heavy atom. The third-order valence-electron chi connectivity index (χ3n) is 5.36. The minimum absolute atomic E-state index is 0.225. The molecule has 1 saturated heterocycles. The van der Waals surface area contributed by atoms with E-state index in [1.807, 2.05) is 42.9 Å². The summed E-state index contributed by atoms with van der Waals surface area (Å²) in [4.78, 5) is 27.5. The lowest BCUT2D eigenvalue weighted by Crippen LogP contribution is -2.33. The highest BCUT2D eigenvalue weighted by atomic mass is 16.2. The fourth-order valence-corrected chi connectivity index (χ4v) is 3.65. The Bertz CT molecular complexity index is 1010. The summed E-state index contributed by atoms with van der Waals surface area (Å²) in [5.41, 5.74) is 4.03. The van der Waals surface area contributed by atoms with Crippen molar-refractivity contribution in [1.29, 1.82) is 0 Å². The maximum Gasteiger partial charge on any atom is 0.288 e. The monoisotopic (exact) mass is 379 g/mol. The predicted molar refractivity (Wildman–Crippen MR) is 108 cm³/mol. The first-order valence-electron chi connectivity index (χ1n) is 9.53. The Morgan fingerprint density at radius 3 is 2.96 bits per heavy atom. The van der Waals surface area contributed by atoms with Crippen LogP contribution >= 0.6 is 0 Å².